The lowest BCUT2D eigenvalue weighted by Crippen LogP contribution is -2.52. The molecule has 2 amide bonds. The molecule has 0 radical (unpaired) electrons. The van der Waals surface area contributed by atoms with Crippen LogP contribution in [0.25, 0.3) is 0 Å². The van der Waals surface area contributed by atoms with Gasteiger partial charge in [0.15, 0.2) is 0 Å². The number of nitrogens with one attached hydrogen (secondary N) is 1. The highest BCUT2D eigenvalue weighted by Gasteiger charge is 2.30. The summed E-state index contributed by atoms with van der Waals surface area (Å²) in [5.41, 5.74) is 4.27. The summed E-state index contributed by atoms with van der Waals surface area (Å²) in [6.07, 6.45) is 0.457. The maximum absolute atomic E-state index is 13.6. The van der Waals surface area contributed by atoms with Gasteiger partial charge in [-0.2, -0.15) is 0 Å². The molecule has 1 atom stereocenters. The van der Waals surface area contributed by atoms with Crippen LogP contribution in [0.4, 0.5) is 0 Å². The molecule has 3 aromatic rings. The zero-order valence-corrected chi connectivity index (χ0v) is 22.1. The Morgan fingerprint density at radius 1 is 0.914 bits per heavy atom. The fourth-order valence-corrected chi connectivity index (χ4v) is 4.82. The number of aryl methyl sites for hydroxylation is 1. The summed E-state index contributed by atoms with van der Waals surface area (Å²) >= 11 is 7.54. The number of hydrogen-bond acceptors (Lipinski definition) is 3. The third-order valence-electron chi connectivity index (χ3n) is 5.71. The van der Waals surface area contributed by atoms with E-state index >= 15 is 0 Å². The maximum Gasteiger partial charge on any atom is 0.243 e. The molecule has 0 saturated carbocycles. The van der Waals surface area contributed by atoms with Crippen molar-refractivity contribution >= 4 is 35.2 Å². The van der Waals surface area contributed by atoms with Crippen molar-refractivity contribution in [1.82, 2.24) is 10.2 Å². The van der Waals surface area contributed by atoms with Crippen LogP contribution in [0.1, 0.15) is 36.1 Å². The lowest BCUT2D eigenvalue weighted by molar-refractivity contribution is -0.139. The lowest BCUT2D eigenvalue weighted by Gasteiger charge is -2.32. The van der Waals surface area contributed by atoms with Crippen LogP contribution in [0, 0.1) is 6.92 Å². The SMILES string of the molecule is Cc1ccccc1CN(C(=O)CSCc1ccc(Cl)cc1)[C@@H](Cc1ccccc1)C(=O)NC(C)C. The predicted octanol–water partition coefficient (Wildman–Crippen LogP) is 6.05. The van der Waals surface area contributed by atoms with Gasteiger partial charge < -0.3 is 10.2 Å². The average Bonchev–Trinajstić information content (AvgIpc) is 2.83. The molecule has 184 valence electrons. The van der Waals surface area contributed by atoms with Gasteiger partial charge in [0.2, 0.25) is 11.8 Å². The second-order valence-electron chi connectivity index (χ2n) is 8.94. The molecule has 0 aliphatic rings. The van der Waals surface area contributed by atoms with E-state index in [-0.39, 0.29) is 23.6 Å². The molecule has 3 aromatic carbocycles. The Balaban J connectivity index is 1.85. The van der Waals surface area contributed by atoms with Crippen molar-refractivity contribution in [3.05, 3.63) is 106 Å². The quantitative estimate of drug-likeness (QED) is 0.343. The molecular formula is C29H33ClN2O2S. The molecule has 0 heterocycles. The Bertz CT molecular complexity index is 1100. The lowest BCUT2D eigenvalue weighted by atomic mass is 10.0. The fourth-order valence-electron chi connectivity index (χ4n) is 3.83. The van der Waals surface area contributed by atoms with Crippen molar-refractivity contribution in [3.63, 3.8) is 0 Å². The van der Waals surface area contributed by atoms with Gasteiger partial charge in [-0.1, -0.05) is 78.3 Å². The van der Waals surface area contributed by atoms with Gasteiger partial charge in [-0.15, -0.1) is 11.8 Å². The van der Waals surface area contributed by atoms with Crippen molar-refractivity contribution in [2.24, 2.45) is 0 Å². The topological polar surface area (TPSA) is 49.4 Å². The molecule has 4 nitrogen and oxygen atoms in total. The monoisotopic (exact) mass is 508 g/mol. The molecule has 0 aliphatic carbocycles. The van der Waals surface area contributed by atoms with Crippen LogP contribution in [0.15, 0.2) is 78.9 Å². The van der Waals surface area contributed by atoms with Crippen molar-refractivity contribution in [2.75, 3.05) is 5.75 Å². The standard InChI is InChI=1S/C29H33ClN2O2S/c1-21(2)31-29(34)27(17-23-10-5-4-6-11-23)32(18-25-12-8-7-9-22(25)3)28(33)20-35-19-24-13-15-26(30)16-14-24/h4-16,21,27H,17-20H2,1-3H3,(H,31,34)/t27-/m0/s1. The van der Waals surface area contributed by atoms with Crippen LogP contribution in [0.2, 0.25) is 5.02 Å². The number of carbonyl (C=O) groups is 2. The number of nitrogens with zero attached hydrogens (tertiary/aromatic N) is 1. The molecular weight excluding hydrogens is 476 g/mol. The average molecular weight is 509 g/mol. The number of amides is 2. The fraction of sp³-hybridized carbons (Fsp3) is 0.310. The highest BCUT2D eigenvalue weighted by molar-refractivity contribution is 7.99. The Kier molecular flexibility index (Phi) is 10.2. The zero-order chi connectivity index (χ0) is 25.2. The van der Waals surface area contributed by atoms with Crippen LogP contribution in [-0.4, -0.2) is 34.6 Å². The Morgan fingerprint density at radius 2 is 1.57 bits per heavy atom. The van der Waals surface area contributed by atoms with E-state index in [9.17, 15) is 9.59 Å². The summed E-state index contributed by atoms with van der Waals surface area (Å²) in [5.74, 6) is 0.803. The molecule has 3 rings (SSSR count). The predicted molar refractivity (Wildman–Crippen MR) is 147 cm³/mol. The molecule has 35 heavy (non-hydrogen) atoms. The highest BCUT2D eigenvalue weighted by atomic mass is 35.5. The van der Waals surface area contributed by atoms with Gasteiger partial charge in [-0.25, -0.2) is 0 Å². The normalized spacial score (nSPS) is 11.8. The van der Waals surface area contributed by atoms with Crippen LogP contribution in [0.3, 0.4) is 0 Å². The summed E-state index contributed by atoms with van der Waals surface area (Å²) in [4.78, 5) is 28.8. The van der Waals surface area contributed by atoms with Gasteiger partial charge >= 0.3 is 0 Å². The second kappa shape index (κ2) is 13.4. The molecule has 6 heteroatoms. The number of benzene rings is 3. The summed E-state index contributed by atoms with van der Waals surface area (Å²) < 4.78 is 0. The molecule has 0 fully saturated rings. The van der Waals surface area contributed by atoms with E-state index in [2.05, 4.69) is 5.32 Å². The molecule has 1 N–H and O–H groups in total. The number of halogens is 1. The highest BCUT2D eigenvalue weighted by Crippen LogP contribution is 2.20. The Hall–Kier alpha value is -2.76. The van der Waals surface area contributed by atoms with Gasteiger partial charge in [0.25, 0.3) is 0 Å². The Morgan fingerprint density at radius 3 is 2.23 bits per heavy atom. The van der Waals surface area contributed by atoms with E-state index in [1.165, 1.54) is 0 Å². The summed E-state index contributed by atoms with van der Waals surface area (Å²) in [7, 11) is 0. The zero-order valence-electron chi connectivity index (χ0n) is 20.5. The minimum absolute atomic E-state index is 0.0181. The van der Waals surface area contributed by atoms with Crippen LogP contribution in [0.5, 0.6) is 0 Å². The van der Waals surface area contributed by atoms with Crippen LogP contribution < -0.4 is 5.32 Å². The maximum atomic E-state index is 13.6. The number of rotatable bonds is 11. The molecule has 0 unspecified atom stereocenters. The minimum Gasteiger partial charge on any atom is -0.352 e. The number of thioether (sulfide) groups is 1. The van der Waals surface area contributed by atoms with Gasteiger partial charge in [-0.3, -0.25) is 9.59 Å². The minimum atomic E-state index is -0.608. The summed E-state index contributed by atoms with van der Waals surface area (Å²) in [5, 5.41) is 3.73. The summed E-state index contributed by atoms with van der Waals surface area (Å²) in [6.45, 7) is 6.30. The van der Waals surface area contributed by atoms with E-state index in [1.54, 1.807) is 16.7 Å². The molecule has 0 aliphatic heterocycles. The van der Waals surface area contributed by atoms with Gasteiger partial charge in [0.05, 0.1) is 5.75 Å². The van der Waals surface area contributed by atoms with Gasteiger partial charge in [0.1, 0.15) is 6.04 Å². The van der Waals surface area contributed by atoms with Crippen molar-refractivity contribution < 1.29 is 9.59 Å². The third kappa shape index (κ3) is 8.44. The van der Waals surface area contributed by atoms with E-state index in [0.717, 1.165) is 22.3 Å². The molecule has 0 bridgehead atoms. The van der Waals surface area contributed by atoms with E-state index in [0.29, 0.717) is 23.7 Å². The first kappa shape index (κ1) is 26.8. The smallest absolute Gasteiger partial charge is 0.243 e. The molecule has 0 saturated heterocycles. The van der Waals surface area contributed by atoms with Crippen LogP contribution >= 0.6 is 23.4 Å². The van der Waals surface area contributed by atoms with E-state index in [4.69, 9.17) is 11.6 Å². The van der Waals surface area contributed by atoms with E-state index in [1.807, 2.05) is 99.6 Å². The third-order valence-corrected chi connectivity index (χ3v) is 6.95. The van der Waals surface area contributed by atoms with Crippen LogP contribution in [-0.2, 0) is 28.3 Å². The number of carbonyl (C=O) groups excluding carboxylic acids is 2. The first-order valence-electron chi connectivity index (χ1n) is 11.8. The van der Waals surface area contributed by atoms with Gasteiger partial charge in [0, 0.05) is 29.8 Å². The number of hydrogen-bond donors (Lipinski definition) is 1. The second-order valence-corrected chi connectivity index (χ2v) is 10.4. The van der Waals surface area contributed by atoms with Gasteiger partial charge in [-0.05, 0) is 55.2 Å². The largest absolute Gasteiger partial charge is 0.352 e. The molecule has 0 aromatic heterocycles. The molecule has 0 spiro atoms. The first-order chi connectivity index (χ1) is 16.8. The van der Waals surface area contributed by atoms with Crippen molar-refractivity contribution in [2.45, 2.75) is 51.6 Å². The van der Waals surface area contributed by atoms with Crippen molar-refractivity contribution in [3.8, 4) is 0 Å². The summed E-state index contributed by atoms with van der Waals surface area (Å²) in [6, 6.07) is 24.9. The van der Waals surface area contributed by atoms with Crippen molar-refractivity contribution in [1.29, 1.82) is 0 Å². The Labute approximate surface area is 218 Å². The van der Waals surface area contributed by atoms with E-state index < -0.39 is 6.04 Å². The first-order valence-corrected chi connectivity index (χ1v) is 13.4.